The van der Waals surface area contributed by atoms with Crippen molar-refractivity contribution >= 4 is 71.2 Å². The zero-order valence-corrected chi connectivity index (χ0v) is 29.9. The van der Waals surface area contributed by atoms with Crippen LogP contribution in [0, 0.1) is 27.7 Å². The van der Waals surface area contributed by atoms with E-state index in [9.17, 15) is 0 Å². The van der Waals surface area contributed by atoms with Crippen LogP contribution < -0.4 is 4.90 Å². The zero-order valence-electron chi connectivity index (χ0n) is 29.9. The van der Waals surface area contributed by atoms with Gasteiger partial charge >= 0.3 is 0 Å². The van der Waals surface area contributed by atoms with Crippen LogP contribution in [0.3, 0.4) is 0 Å². The van der Waals surface area contributed by atoms with Gasteiger partial charge in [-0.25, -0.2) is 0 Å². The minimum absolute atomic E-state index is 1.16. The molecule has 0 aliphatic heterocycles. The van der Waals surface area contributed by atoms with Gasteiger partial charge in [0, 0.05) is 27.8 Å². The van der Waals surface area contributed by atoms with Gasteiger partial charge in [-0.05, 0) is 142 Å². The van der Waals surface area contributed by atoms with Crippen LogP contribution in [0.4, 0.5) is 17.1 Å². The molecule has 0 saturated carbocycles. The number of aromatic nitrogens is 1. The molecule has 2 heteroatoms. The molecule has 0 atom stereocenters. The molecule has 0 bridgehead atoms. The van der Waals surface area contributed by atoms with Gasteiger partial charge < -0.3 is 9.47 Å². The second-order valence-corrected chi connectivity index (χ2v) is 14.2. The van der Waals surface area contributed by atoms with Crippen molar-refractivity contribution in [2.24, 2.45) is 0 Å². The Morgan fingerprint density at radius 2 is 0.942 bits per heavy atom. The molecule has 2 nitrogen and oxygen atoms in total. The topological polar surface area (TPSA) is 8.17 Å². The molecule has 248 valence electrons. The summed E-state index contributed by atoms with van der Waals surface area (Å²) < 4.78 is 2.43. The average molecular weight is 667 g/mol. The molecule has 0 saturated heterocycles. The van der Waals surface area contributed by atoms with Crippen molar-refractivity contribution < 1.29 is 0 Å². The zero-order chi connectivity index (χ0) is 35.1. The van der Waals surface area contributed by atoms with E-state index in [1.165, 1.54) is 98.9 Å². The van der Waals surface area contributed by atoms with Crippen LogP contribution in [0.2, 0.25) is 0 Å². The van der Waals surface area contributed by atoms with E-state index in [0.717, 1.165) is 11.4 Å². The van der Waals surface area contributed by atoms with Crippen LogP contribution in [0.5, 0.6) is 0 Å². The Kier molecular flexibility index (Phi) is 6.78. The Morgan fingerprint density at radius 1 is 0.404 bits per heavy atom. The summed E-state index contributed by atoms with van der Waals surface area (Å²) in [4.78, 5) is 2.43. The van der Waals surface area contributed by atoms with E-state index in [1.807, 2.05) is 0 Å². The Morgan fingerprint density at radius 3 is 1.62 bits per heavy atom. The van der Waals surface area contributed by atoms with Crippen molar-refractivity contribution in [3.63, 3.8) is 0 Å². The van der Waals surface area contributed by atoms with Crippen LogP contribution in [-0.2, 0) is 0 Å². The molecule has 10 aromatic rings. The summed E-state index contributed by atoms with van der Waals surface area (Å²) in [5, 5.41) is 10.5. The molecule has 0 unspecified atom stereocenters. The molecule has 0 radical (unpaired) electrons. The number of fused-ring (bicyclic) bond motifs is 4. The van der Waals surface area contributed by atoms with Crippen molar-refractivity contribution in [3.05, 3.63) is 180 Å². The van der Waals surface area contributed by atoms with Gasteiger partial charge in [-0.15, -0.1) is 0 Å². The molecular weight excluding hydrogens is 629 g/mol. The predicted molar refractivity (Wildman–Crippen MR) is 224 cm³/mol. The quantitative estimate of drug-likeness (QED) is 0.166. The Labute approximate surface area is 304 Å². The molecule has 1 heterocycles. The highest BCUT2D eigenvalue weighted by atomic mass is 15.1. The third-order valence-electron chi connectivity index (χ3n) is 11.5. The monoisotopic (exact) mass is 666 g/mol. The molecule has 0 amide bonds. The van der Waals surface area contributed by atoms with E-state index in [4.69, 9.17) is 0 Å². The predicted octanol–water partition coefficient (Wildman–Crippen LogP) is 14.1. The van der Waals surface area contributed by atoms with Crippen molar-refractivity contribution in [2.75, 3.05) is 4.90 Å². The number of anilines is 3. The second-order valence-electron chi connectivity index (χ2n) is 14.2. The molecule has 1 aromatic heterocycles. The number of benzene rings is 9. The summed E-state index contributed by atoms with van der Waals surface area (Å²) >= 11 is 0. The van der Waals surface area contributed by atoms with E-state index < -0.39 is 0 Å². The fourth-order valence-electron chi connectivity index (χ4n) is 9.00. The first-order valence-electron chi connectivity index (χ1n) is 18.2. The molecule has 9 aromatic carbocycles. The lowest BCUT2D eigenvalue weighted by atomic mass is 9.83. The first kappa shape index (κ1) is 30.4. The number of para-hydroxylation sites is 4. The standard InChI is InChI=1S/C50H38N2/c1-31-33(3)50(51(37-16-8-5-9-17-37)38-18-10-6-11-19-38)34(4)32(2)46(31)40-27-24-35-25-29-43-48-36(26-28-41(40)47(35)48)30-45-49(43)42-22-14-15-23-44(42)52(45)39-20-12-7-13-21-39/h5-30H,1-4H3. The lowest BCUT2D eigenvalue weighted by Gasteiger charge is -2.32. The third kappa shape index (κ3) is 4.31. The number of nitrogens with zero attached hydrogens (tertiary/aromatic N) is 2. The van der Waals surface area contributed by atoms with Crippen LogP contribution in [0.1, 0.15) is 22.3 Å². The van der Waals surface area contributed by atoms with Gasteiger partial charge in [-0.2, -0.15) is 0 Å². The average Bonchev–Trinajstić information content (AvgIpc) is 3.53. The molecule has 52 heavy (non-hydrogen) atoms. The fraction of sp³-hybridized carbons (Fsp3) is 0.0800. The van der Waals surface area contributed by atoms with Gasteiger partial charge in [0.15, 0.2) is 0 Å². The van der Waals surface area contributed by atoms with Crippen LogP contribution in [0.15, 0.2) is 158 Å². The first-order valence-corrected chi connectivity index (χ1v) is 18.2. The van der Waals surface area contributed by atoms with Crippen LogP contribution >= 0.6 is 0 Å². The van der Waals surface area contributed by atoms with Crippen LogP contribution in [-0.4, -0.2) is 4.57 Å². The lowest BCUT2D eigenvalue weighted by molar-refractivity contribution is 1.17. The smallest absolute Gasteiger partial charge is 0.0553 e. The summed E-state index contributed by atoms with van der Waals surface area (Å²) in [6.45, 7) is 9.23. The summed E-state index contributed by atoms with van der Waals surface area (Å²) in [6.07, 6.45) is 0. The molecule has 0 spiro atoms. The highest BCUT2D eigenvalue weighted by molar-refractivity contribution is 6.34. The van der Waals surface area contributed by atoms with Gasteiger partial charge in [0.05, 0.1) is 16.7 Å². The van der Waals surface area contributed by atoms with Crippen molar-refractivity contribution in [1.82, 2.24) is 4.57 Å². The van der Waals surface area contributed by atoms with Gasteiger partial charge in [-0.1, -0.05) is 109 Å². The van der Waals surface area contributed by atoms with Crippen molar-refractivity contribution in [3.8, 4) is 16.8 Å². The first-order chi connectivity index (χ1) is 25.5. The number of hydrogen-bond acceptors (Lipinski definition) is 1. The molecule has 0 aliphatic carbocycles. The Hall–Kier alpha value is -6.38. The molecule has 0 aliphatic rings. The van der Waals surface area contributed by atoms with E-state index in [-0.39, 0.29) is 0 Å². The summed E-state index contributed by atoms with van der Waals surface area (Å²) in [6, 6.07) is 57.7. The minimum atomic E-state index is 1.16. The van der Waals surface area contributed by atoms with Gasteiger partial charge in [0.2, 0.25) is 0 Å². The van der Waals surface area contributed by atoms with E-state index in [0.29, 0.717) is 0 Å². The molecule has 10 rings (SSSR count). The van der Waals surface area contributed by atoms with E-state index in [1.54, 1.807) is 0 Å². The van der Waals surface area contributed by atoms with Gasteiger partial charge in [-0.3, -0.25) is 0 Å². The maximum atomic E-state index is 2.43. The summed E-state index contributed by atoms with van der Waals surface area (Å²) in [7, 11) is 0. The van der Waals surface area contributed by atoms with Crippen molar-refractivity contribution in [2.45, 2.75) is 27.7 Å². The summed E-state index contributed by atoms with van der Waals surface area (Å²) in [5.74, 6) is 0. The van der Waals surface area contributed by atoms with Gasteiger partial charge in [0.25, 0.3) is 0 Å². The maximum absolute atomic E-state index is 2.43. The molecule has 0 fully saturated rings. The second kappa shape index (κ2) is 11.6. The molecular formula is C50H38N2. The minimum Gasteiger partial charge on any atom is -0.310 e. The Balaban J connectivity index is 1.25. The highest BCUT2D eigenvalue weighted by Crippen LogP contribution is 2.48. The fourth-order valence-corrected chi connectivity index (χ4v) is 9.00. The van der Waals surface area contributed by atoms with Crippen LogP contribution in [0.25, 0.3) is 70.9 Å². The molecule has 0 N–H and O–H groups in total. The van der Waals surface area contributed by atoms with E-state index >= 15 is 0 Å². The van der Waals surface area contributed by atoms with Crippen molar-refractivity contribution in [1.29, 1.82) is 0 Å². The SMILES string of the molecule is Cc1c(C)c(N(c2ccccc2)c2ccccc2)c(C)c(C)c1-c1ccc2ccc3c4c(ccc1c24)cc1c3c2ccccc2n1-c1ccccc1. The Bertz CT molecular complexity index is 2900. The third-order valence-corrected chi connectivity index (χ3v) is 11.5. The lowest BCUT2D eigenvalue weighted by Crippen LogP contribution is -2.15. The number of rotatable bonds is 5. The normalized spacial score (nSPS) is 11.8. The van der Waals surface area contributed by atoms with E-state index in [2.05, 4.69) is 195 Å². The maximum Gasteiger partial charge on any atom is 0.0553 e. The number of hydrogen-bond donors (Lipinski definition) is 0. The summed E-state index contributed by atoms with van der Waals surface area (Å²) in [5.41, 5.74) is 15.1. The highest BCUT2D eigenvalue weighted by Gasteiger charge is 2.25. The largest absolute Gasteiger partial charge is 0.310 e. The van der Waals surface area contributed by atoms with Gasteiger partial charge in [0.1, 0.15) is 0 Å².